The van der Waals surface area contributed by atoms with Gasteiger partial charge in [-0.3, -0.25) is 0 Å². The first kappa shape index (κ1) is 9.16. The van der Waals surface area contributed by atoms with Crippen LogP contribution in [0.3, 0.4) is 0 Å². The Labute approximate surface area is 78.4 Å². The van der Waals surface area contributed by atoms with Gasteiger partial charge >= 0.3 is 0 Å². The summed E-state index contributed by atoms with van der Waals surface area (Å²) >= 11 is 4.75. The van der Waals surface area contributed by atoms with Crippen LogP contribution in [-0.4, -0.2) is 10.1 Å². The van der Waals surface area contributed by atoms with Crippen molar-refractivity contribution in [2.45, 2.75) is 20.0 Å². The first-order chi connectivity index (χ1) is 5.13. The van der Waals surface area contributed by atoms with Gasteiger partial charge in [-0.1, -0.05) is 13.8 Å². The zero-order valence-electron chi connectivity index (χ0n) is 6.41. The molecule has 11 heavy (non-hydrogen) atoms. The quantitative estimate of drug-likeness (QED) is 0.856. The summed E-state index contributed by atoms with van der Waals surface area (Å²) in [5, 5.41) is 9.61. The van der Waals surface area contributed by atoms with E-state index in [1.54, 1.807) is 5.51 Å². The van der Waals surface area contributed by atoms with E-state index in [0.717, 1.165) is 9.48 Å². The van der Waals surface area contributed by atoms with Crippen molar-refractivity contribution in [3.63, 3.8) is 0 Å². The van der Waals surface area contributed by atoms with E-state index in [0.29, 0.717) is 0 Å². The highest BCUT2D eigenvalue weighted by Crippen LogP contribution is 2.30. The highest BCUT2D eigenvalue weighted by atomic mass is 79.9. The summed E-state index contributed by atoms with van der Waals surface area (Å²) in [6.07, 6.45) is -0.392. The van der Waals surface area contributed by atoms with Gasteiger partial charge in [-0.2, -0.15) is 0 Å². The maximum atomic E-state index is 9.61. The number of hydrogen-bond donors (Lipinski definition) is 1. The molecule has 1 rings (SSSR count). The predicted octanol–water partition coefficient (Wildman–Crippen LogP) is 2.60. The second-order valence-corrected chi connectivity index (χ2v) is 4.33. The number of aliphatic hydroxyl groups excluding tert-OH is 1. The lowest BCUT2D eigenvalue weighted by molar-refractivity contribution is 0.129. The molecular weight excluding hydrogens is 226 g/mol. The molecule has 2 nitrogen and oxygen atoms in total. The molecule has 0 spiro atoms. The third-order valence-corrected chi connectivity index (χ3v) is 3.24. The summed E-state index contributed by atoms with van der Waals surface area (Å²) in [5.74, 6) is 0.242. The van der Waals surface area contributed by atoms with Crippen LogP contribution < -0.4 is 0 Å². The van der Waals surface area contributed by atoms with E-state index in [9.17, 15) is 5.11 Å². The molecule has 1 aromatic heterocycles. The molecule has 0 aliphatic carbocycles. The first-order valence-electron chi connectivity index (χ1n) is 3.40. The van der Waals surface area contributed by atoms with Gasteiger partial charge in [0, 0.05) is 0 Å². The molecule has 0 fully saturated rings. The Morgan fingerprint density at radius 3 is 2.64 bits per heavy atom. The fraction of sp³-hybridized carbons (Fsp3) is 0.571. The summed E-state index contributed by atoms with van der Waals surface area (Å²) in [6.45, 7) is 3.97. The van der Waals surface area contributed by atoms with E-state index in [1.807, 2.05) is 13.8 Å². The highest BCUT2D eigenvalue weighted by Gasteiger charge is 2.16. The topological polar surface area (TPSA) is 33.1 Å². The molecule has 0 bridgehead atoms. The van der Waals surface area contributed by atoms with Gasteiger partial charge in [0.15, 0.2) is 0 Å². The molecule has 0 aliphatic rings. The Morgan fingerprint density at radius 2 is 2.27 bits per heavy atom. The van der Waals surface area contributed by atoms with Gasteiger partial charge in [-0.05, 0) is 21.8 Å². The van der Waals surface area contributed by atoms with Crippen LogP contribution in [-0.2, 0) is 0 Å². The second-order valence-electron chi connectivity index (χ2n) is 2.70. The van der Waals surface area contributed by atoms with E-state index in [-0.39, 0.29) is 5.92 Å². The molecule has 1 heterocycles. The first-order valence-corrected chi connectivity index (χ1v) is 5.07. The minimum absolute atomic E-state index is 0.242. The van der Waals surface area contributed by atoms with Gasteiger partial charge < -0.3 is 5.11 Å². The molecule has 0 aliphatic heterocycles. The van der Waals surface area contributed by atoms with Gasteiger partial charge in [0.2, 0.25) is 0 Å². The zero-order valence-corrected chi connectivity index (χ0v) is 8.82. The highest BCUT2D eigenvalue weighted by molar-refractivity contribution is 9.10. The molecule has 0 saturated carbocycles. The second kappa shape index (κ2) is 3.65. The van der Waals surface area contributed by atoms with Crippen molar-refractivity contribution in [3.8, 4) is 0 Å². The third-order valence-electron chi connectivity index (χ3n) is 1.45. The van der Waals surface area contributed by atoms with Crippen molar-refractivity contribution in [2.24, 2.45) is 5.92 Å². The Morgan fingerprint density at radius 1 is 1.64 bits per heavy atom. The molecule has 0 radical (unpaired) electrons. The maximum Gasteiger partial charge on any atom is 0.122 e. The Hall–Kier alpha value is 0.0700. The standard InChI is InChI=1S/C7H10BrNOS/c1-4(2)5(10)6-7(8)9-3-11-6/h3-5,10H,1-2H3. The Balaban J connectivity index is 2.84. The molecule has 0 saturated heterocycles. The van der Waals surface area contributed by atoms with Crippen LogP contribution in [0.25, 0.3) is 0 Å². The number of thiazole rings is 1. The lowest BCUT2D eigenvalue weighted by Crippen LogP contribution is -2.03. The van der Waals surface area contributed by atoms with Crippen LogP contribution in [0, 0.1) is 5.92 Å². The van der Waals surface area contributed by atoms with Crippen molar-refractivity contribution in [3.05, 3.63) is 15.0 Å². The third kappa shape index (κ3) is 2.01. The number of nitrogens with zero attached hydrogens (tertiary/aromatic N) is 1. The van der Waals surface area contributed by atoms with Crippen LogP contribution in [0.15, 0.2) is 10.1 Å². The molecule has 4 heteroatoms. The van der Waals surface area contributed by atoms with Crippen LogP contribution in [0.2, 0.25) is 0 Å². The summed E-state index contributed by atoms with van der Waals surface area (Å²) in [5.41, 5.74) is 1.73. The van der Waals surface area contributed by atoms with Crippen molar-refractivity contribution < 1.29 is 5.11 Å². The SMILES string of the molecule is CC(C)C(O)c1scnc1Br. The van der Waals surface area contributed by atoms with Crippen molar-refractivity contribution in [1.82, 2.24) is 4.98 Å². The molecule has 1 atom stereocenters. The molecule has 1 unspecified atom stereocenters. The van der Waals surface area contributed by atoms with Gasteiger partial charge in [0.05, 0.1) is 16.5 Å². The monoisotopic (exact) mass is 235 g/mol. The van der Waals surface area contributed by atoms with E-state index >= 15 is 0 Å². The fourth-order valence-electron chi connectivity index (χ4n) is 0.736. The average molecular weight is 236 g/mol. The van der Waals surface area contributed by atoms with E-state index in [4.69, 9.17) is 0 Å². The molecule has 62 valence electrons. The molecular formula is C7H10BrNOS. The lowest BCUT2D eigenvalue weighted by Gasteiger charge is -2.11. The smallest absolute Gasteiger partial charge is 0.122 e. The van der Waals surface area contributed by atoms with Crippen molar-refractivity contribution >= 4 is 27.3 Å². The van der Waals surface area contributed by atoms with Gasteiger partial charge in [-0.15, -0.1) is 11.3 Å². The minimum atomic E-state index is -0.392. The number of aliphatic hydroxyl groups is 1. The van der Waals surface area contributed by atoms with Crippen molar-refractivity contribution in [1.29, 1.82) is 0 Å². The fourth-order valence-corrected chi connectivity index (χ4v) is 2.32. The van der Waals surface area contributed by atoms with Gasteiger partial charge in [0.1, 0.15) is 4.60 Å². The number of rotatable bonds is 2. The Kier molecular flexibility index (Phi) is 3.04. The molecule has 0 amide bonds. The summed E-state index contributed by atoms with van der Waals surface area (Å²) < 4.78 is 0.767. The molecule has 1 N–H and O–H groups in total. The molecule has 0 aromatic carbocycles. The largest absolute Gasteiger partial charge is 0.387 e. The minimum Gasteiger partial charge on any atom is -0.387 e. The van der Waals surface area contributed by atoms with Crippen LogP contribution >= 0.6 is 27.3 Å². The number of aromatic nitrogens is 1. The number of halogens is 1. The summed E-state index contributed by atoms with van der Waals surface area (Å²) in [6, 6.07) is 0. The normalized spacial score (nSPS) is 13.9. The predicted molar refractivity (Wildman–Crippen MR) is 49.6 cm³/mol. The number of hydrogen-bond acceptors (Lipinski definition) is 3. The summed E-state index contributed by atoms with van der Waals surface area (Å²) in [7, 11) is 0. The summed E-state index contributed by atoms with van der Waals surface area (Å²) in [4.78, 5) is 4.91. The van der Waals surface area contributed by atoms with Crippen LogP contribution in [0.4, 0.5) is 0 Å². The van der Waals surface area contributed by atoms with Crippen LogP contribution in [0.5, 0.6) is 0 Å². The Bertz CT molecular complexity index is 236. The van der Waals surface area contributed by atoms with Crippen molar-refractivity contribution in [2.75, 3.05) is 0 Å². The zero-order chi connectivity index (χ0) is 8.43. The molecule has 1 aromatic rings. The lowest BCUT2D eigenvalue weighted by atomic mass is 10.1. The maximum absolute atomic E-state index is 9.61. The van der Waals surface area contributed by atoms with E-state index in [2.05, 4.69) is 20.9 Å². The van der Waals surface area contributed by atoms with E-state index < -0.39 is 6.10 Å². The van der Waals surface area contributed by atoms with Gasteiger partial charge in [0.25, 0.3) is 0 Å². The van der Waals surface area contributed by atoms with Crippen LogP contribution in [0.1, 0.15) is 24.8 Å². The average Bonchev–Trinajstić information content (AvgIpc) is 2.33. The van der Waals surface area contributed by atoms with Gasteiger partial charge in [-0.25, -0.2) is 4.98 Å². The van der Waals surface area contributed by atoms with E-state index in [1.165, 1.54) is 11.3 Å².